The van der Waals surface area contributed by atoms with Gasteiger partial charge in [0.1, 0.15) is 17.2 Å². The Balaban J connectivity index is 2.02. The van der Waals surface area contributed by atoms with E-state index in [0.717, 1.165) is 24.9 Å². The van der Waals surface area contributed by atoms with Crippen LogP contribution >= 0.6 is 0 Å². The van der Waals surface area contributed by atoms with Crippen LogP contribution in [0.5, 0.6) is 5.75 Å². The summed E-state index contributed by atoms with van der Waals surface area (Å²) in [6.07, 6.45) is 2.07. The smallest absolute Gasteiger partial charge is 0.126 e. The van der Waals surface area contributed by atoms with Gasteiger partial charge < -0.3 is 10.1 Å². The van der Waals surface area contributed by atoms with Crippen molar-refractivity contribution in [3.8, 4) is 5.75 Å². The van der Waals surface area contributed by atoms with E-state index in [-0.39, 0.29) is 17.0 Å². The van der Waals surface area contributed by atoms with Gasteiger partial charge >= 0.3 is 0 Å². The first-order valence-electron chi connectivity index (χ1n) is 6.50. The van der Waals surface area contributed by atoms with Crippen molar-refractivity contribution in [2.75, 3.05) is 6.54 Å². The molecule has 3 heteroatoms. The lowest BCUT2D eigenvalue weighted by Crippen LogP contribution is -2.43. The van der Waals surface area contributed by atoms with Gasteiger partial charge in [-0.3, -0.25) is 0 Å². The maximum Gasteiger partial charge on any atom is 0.126 e. The monoisotopic (exact) mass is 251 g/mol. The number of rotatable bonds is 4. The fraction of sp³-hybridized carbons (Fsp3) is 0.600. The number of hydrogen-bond donors (Lipinski definition) is 1. The minimum absolute atomic E-state index is 0.0793. The first-order valence-corrected chi connectivity index (χ1v) is 6.50. The van der Waals surface area contributed by atoms with Gasteiger partial charge in [-0.1, -0.05) is 6.07 Å². The lowest BCUT2D eigenvalue weighted by atomic mass is 10.1. The molecule has 0 bridgehead atoms. The molecular weight excluding hydrogens is 229 g/mol. The van der Waals surface area contributed by atoms with Gasteiger partial charge in [-0.05, 0) is 52.2 Å². The molecule has 1 saturated carbocycles. The largest absolute Gasteiger partial charge is 0.486 e. The van der Waals surface area contributed by atoms with E-state index in [4.69, 9.17) is 4.74 Å². The van der Waals surface area contributed by atoms with Crippen LogP contribution in [0.1, 0.15) is 39.2 Å². The predicted molar refractivity (Wildman–Crippen MR) is 71.5 cm³/mol. The van der Waals surface area contributed by atoms with Crippen LogP contribution in [0, 0.1) is 12.7 Å². The van der Waals surface area contributed by atoms with Gasteiger partial charge in [0.15, 0.2) is 0 Å². The van der Waals surface area contributed by atoms with E-state index in [1.807, 2.05) is 6.92 Å². The molecule has 1 aromatic carbocycles. The van der Waals surface area contributed by atoms with Crippen molar-refractivity contribution in [3.05, 3.63) is 29.6 Å². The summed E-state index contributed by atoms with van der Waals surface area (Å²) in [4.78, 5) is 0. The summed E-state index contributed by atoms with van der Waals surface area (Å²) in [5.41, 5.74) is 0.931. The van der Waals surface area contributed by atoms with Crippen LogP contribution in [0.4, 0.5) is 4.39 Å². The summed E-state index contributed by atoms with van der Waals surface area (Å²) in [5.74, 6) is 0.429. The highest BCUT2D eigenvalue weighted by molar-refractivity contribution is 5.34. The minimum Gasteiger partial charge on any atom is -0.486 e. The van der Waals surface area contributed by atoms with Gasteiger partial charge in [-0.15, -0.1) is 0 Å². The number of halogens is 1. The number of ether oxygens (including phenoxy) is 1. The van der Waals surface area contributed by atoms with Crippen molar-refractivity contribution >= 4 is 0 Å². The van der Waals surface area contributed by atoms with E-state index in [1.165, 1.54) is 12.1 Å². The Morgan fingerprint density at radius 2 is 2.00 bits per heavy atom. The summed E-state index contributed by atoms with van der Waals surface area (Å²) in [6.45, 7) is 9.16. The Morgan fingerprint density at radius 1 is 1.33 bits per heavy atom. The zero-order valence-corrected chi connectivity index (χ0v) is 11.6. The fourth-order valence-corrected chi connectivity index (χ4v) is 1.80. The molecule has 0 heterocycles. The van der Waals surface area contributed by atoms with Gasteiger partial charge in [0.25, 0.3) is 0 Å². The number of benzene rings is 1. The molecule has 1 N–H and O–H groups in total. The highest BCUT2D eigenvalue weighted by Crippen LogP contribution is 2.41. The topological polar surface area (TPSA) is 21.3 Å². The fourth-order valence-electron chi connectivity index (χ4n) is 1.80. The van der Waals surface area contributed by atoms with E-state index in [2.05, 4.69) is 26.1 Å². The molecule has 0 spiro atoms. The lowest BCUT2D eigenvalue weighted by Gasteiger charge is -2.26. The molecule has 0 saturated heterocycles. The number of aryl methyl sites for hydroxylation is 1. The van der Waals surface area contributed by atoms with Crippen molar-refractivity contribution in [1.82, 2.24) is 5.32 Å². The minimum atomic E-state index is -0.241. The van der Waals surface area contributed by atoms with Crippen LogP contribution in [-0.2, 0) is 0 Å². The van der Waals surface area contributed by atoms with E-state index in [1.54, 1.807) is 6.07 Å². The third kappa shape index (κ3) is 3.45. The normalized spacial score (nSPS) is 17.6. The van der Waals surface area contributed by atoms with E-state index >= 15 is 0 Å². The second-order valence-corrected chi connectivity index (χ2v) is 6.30. The Bertz CT molecular complexity index is 433. The summed E-state index contributed by atoms with van der Waals surface area (Å²) in [6, 6.07) is 4.71. The van der Waals surface area contributed by atoms with Gasteiger partial charge in [-0.2, -0.15) is 0 Å². The van der Waals surface area contributed by atoms with Gasteiger partial charge in [0.05, 0.1) is 0 Å². The molecule has 100 valence electrons. The Morgan fingerprint density at radius 3 is 2.56 bits per heavy atom. The number of hydrogen-bond acceptors (Lipinski definition) is 2. The molecule has 0 aromatic heterocycles. The standard InChI is InChI=1S/C15H22FNO/c1-11-5-6-12(16)9-13(11)18-15(7-8-15)10-17-14(2,3)4/h5-6,9,17H,7-8,10H2,1-4H3. The maximum absolute atomic E-state index is 13.2. The molecule has 1 fully saturated rings. The van der Waals surface area contributed by atoms with E-state index in [9.17, 15) is 4.39 Å². The van der Waals surface area contributed by atoms with Gasteiger partial charge in [0.2, 0.25) is 0 Å². The van der Waals surface area contributed by atoms with Crippen LogP contribution in [0.15, 0.2) is 18.2 Å². The molecule has 0 atom stereocenters. The molecule has 2 nitrogen and oxygen atoms in total. The third-order valence-electron chi connectivity index (χ3n) is 3.23. The van der Waals surface area contributed by atoms with Crippen LogP contribution < -0.4 is 10.1 Å². The van der Waals surface area contributed by atoms with Crippen molar-refractivity contribution < 1.29 is 9.13 Å². The molecule has 1 aliphatic rings. The SMILES string of the molecule is Cc1ccc(F)cc1OC1(CNC(C)(C)C)CC1. The maximum atomic E-state index is 13.2. The molecule has 0 radical (unpaired) electrons. The van der Waals surface area contributed by atoms with Crippen LogP contribution in [0.3, 0.4) is 0 Å². The Labute approximate surface area is 109 Å². The molecule has 1 aliphatic carbocycles. The van der Waals surface area contributed by atoms with Crippen LogP contribution in [0.25, 0.3) is 0 Å². The highest BCUT2D eigenvalue weighted by Gasteiger charge is 2.46. The quantitative estimate of drug-likeness (QED) is 0.885. The average molecular weight is 251 g/mol. The van der Waals surface area contributed by atoms with Crippen LogP contribution in [0.2, 0.25) is 0 Å². The first-order chi connectivity index (χ1) is 8.30. The molecule has 0 aliphatic heterocycles. The van der Waals surface area contributed by atoms with Crippen molar-refractivity contribution in [2.24, 2.45) is 0 Å². The molecule has 18 heavy (non-hydrogen) atoms. The van der Waals surface area contributed by atoms with Gasteiger partial charge in [-0.25, -0.2) is 4.39 Å². The second kappa shape index (κ2) is 4.54. The molecule has 2 rings (SSSR count). The predicted octanol–water partition coefficient (Wildman–Crippen LogP) is 3.43. The Hall–Kier alpha value is -1.09. The highest BCUT2D eigenvalue weighted by atomic mass is 19.1. The molecule has 1 aromatic rings. The summed E-state index contributed by atoms with van der Waals surface area (Å²) in [7, 11) is 0. The first kappa shape index (κ1) is 13.3. The lowest BCUT2D eigenvalue weighted by molar-refractivity contribution is 0.162. The van der Waals surface area contributed by atoms with E-state index < -0.39 is 0 Å². The van der Waals surface area contributed by atoms with Crippen LogP contribution in [-0.4, -0.2) is 17.7 Å². The summed E-state index contributed by atoms with van der Waals surface area (Å²) >= 11 is 0. The average Bonchev–Trinajstić information content (AvgIpc) is 3.01. The molecule has 0 unspecified atom stereocenters. The molecule has 0 amide bonds. The second-order valence-electron chi connectivity index (χ2n) is 6.30. The third-order valence-corrected chi connectivity index (χ3v) is 3.23. The Kier molecular flexibility index (Phi) is 3.37. The van der Waals surface area contributed by atoms with Crippen molar-refractivity contribution in [2.45, 2.75) is 51.7 Å². The van der Waals surface area contributed by atoms with Crippen molar-refractivity contribution in [3.63, 3.8) is 0 Å². The molecular formula is C15H22FNO. The van der Waals surface area contributed by atoms with E-state index in [0.29, 0.717) is 5.75 Å². The van der Waals surface area contributed by atoms with Crippen molar-refractivity contribution in [1.29, 1.82) is 0 Å². The zero-order chi connectivity index (χ0) is 13.4. The zero-order valence-electron chi connectivity index (χ0n) is 11.6. The van der Waals surface area contributed by atoms with Gasteiger partial charge in [0, 0.05) is 18.2 Å². The summed E-state index contributed by atoms with van der Waals surface area (Å²) < 4.78 is 19.2. The number of nitrogens with one attached hydrogen (secondary N) is 1. The summed E-state index contributed by atoms with van der Waals surface area (Å²) in [5, 5.41) is 3.46.